The van der Waals surface area contributed by atoms with Gasteiger partial charge in [0, 0.05) is 17.3 Å². The third-order valence-electron chi connectivity index (χ3n) is 2.86. The minimum Gasteiger partial charge on any atom is -0.389 e. The summed E-state index contributed by atoms with van der Waals surface area (Å²) in [6.07, 6.45) is -2.80. The van der Waals surface area contributed by atoms with Crippen LogP contribution in [0.25, 0.3) is 10.9 Å². The fourth-order valence-corrected chi connectivity index (χ4v) is 2.01. The molecule has 0 unspecified atom stereocenters. The number of fused-ring (bicyclic) bond motifs is 1. The average molecular weight is 315 g/mol. The number of alkyl halides is 3. The number of rotatable bonds is 4. The first-order valence-corrected chi connectivity index (χ1v) is 6.39. The van der Waals surface area contributed by atoms with E-state index >= 15 is 0 Å². The lowest BCUT2D eigenvalue weighted by molar-refractivity contribution is -0.138. The van der Waals surface area contributed by atoms with Crippen molar-refractivity contribution in [2.75, 3.05) is 6.54 Å². The summed E-state index contributed by atoms with van der Waals surface area (Å²) in [6, 6.07) is 7.00. The molecule has 0 aliphatic heterocycles. The maximum absolute atomic E-state index is 12.0. The van der Waals surface area contributed by atoms with Crippen molar-refractivity contribution >= 4 is 34.0 Å². The molecule has 0 atom stereocenters. The number of benzene rings is 1. The fraction of sp³-hybridized carbons (Fsp3) is 0.231. The quantitative estimate of drug-likeness (QED) is 0.848. The van der Waals surface area contributed by atoms with E-state index < -0.39 is 18.6 Å². The van der Waals surface area contributed by atoms with Crippen LogP contribution in [0, 0.1) is 0 Å². The number of thiocarbonyl (C=S) groups is 1. The van der Waals surface area contributed by atoms with Gasteiger partial charge in [0.25, 0.3) is 0 Å². The highest BCUT2D eigenvalue weighted by Gasteiger charge is 2.27. The van der Waals surface area contributed by atoms with Crippen LogP contribution in [0.4, 0.5) is 13.2 Å². The summed E-state index contributed by atoms with van der Waals surface area (Å²) < 4.78 is 37.7. The van der Waals surface area contributed by atoms with Gasteiger partial charge in [-0.15, -0.1) is 0 Å². The number of amides is 1. The van der Waals surface area contributed by atoms with E-state index in [0.29, 0.717) is 11.1 Å². The Kier molecular flexibility index (Phi) is 4.17. The molecule has 0 radical (unpaired) electrons. The van der Waals surface area contributed by atoms with E-state index in [0.717, 1.165) is 5.39 Å². The van der Waals surface area contributed by atoms with Crippen molar-refractivity contribution in [2.45, 2.75) is 12.7 Å². The molecule has 0 aliphatic carbocycles. The zero-order chi connectivity index (χ0) is 15.6. The van der Waals surface area contributed by atoms with Crippen LogP contribution in [-0.2, 0) is 11.3 Å². The van der Waals surface area contributed by atoms with Gasteiger partial charge in [0.15, 0.2) is 0 Å². The minimum atomic E-state index is -4.42. The minimum absolute atomic E-state index is 0.208. The molecule has 0 saturated heterocycles. The Balaban J connectivity index is 2.16. The number of hydrogen-bond acceptors (Lipinski definition) is 2. The lowest BCUT2D eigenvalue weighted by atomic mass is 10.1. The van der Waals surface area contributed by atoms with Crippen LogP contribution in [0.5, 0.6) is 0 Å². The molecule has 1 amide bonds. The highest BCUT2D eigenvalue weighted by Crippen LogP contribution is 2.18. The number of carbonyl (C=O) groups is 1. The summed E-state index contributed by atoms with van der Waals surface area (Å²) >= 11 is 4.88. The maximum Gasteiger partial charge on any atom is 0.405 e. The van der Waals surface area contributed by atoms with Crippen molar-refractivity contribution in [3.05, 3.63) is 36.0 Å². The number of nitrogens with zero attached hydrogens (tertiary/aromatic N) is 1. The van der Waals surface area contributed by atoms with Gasteiger partial charge in [0.05, 0.1) is 0 Å². The van der Waals surface area contributed by atoms with Crippen molar-refractivity contribution in [1.29, 1.82) is 0 Å². The second-order valence-corrected chi connectivity index (χ2v) is 4.91. The van der Waals surface area contributed by atoms with Gasteiger partial charge in [0.2, 0.25) is 5.91 Å². The van der Waals surface area contributed by atoms with Crippen LogP contribution in [0.15, 0.2) is 30.5 Å². The number of aromatic nitrogens is 1. The average Bonchev–Trinajstić information content (AvgIpc) is 2.78. The Hall–Kier alpha value is -2.09. The van der Waals surface area contributed by atoms with Gasteiger partial charge in [-0.3, -0.25) is 4.79 Å². The zero-order valence-corrected chi connectivity index (χ0v) is 11.6. The van der Waals surface area contributed by atoms with E-state index in [1.165, 1.54) is 0 Å². The summed E-state index contributed by atoms with van der Waals surface area (Å²) in [5, 5.41) is 2.67. The van der Waals surface area contributed by atoms with Crippen LogP contribution in [0.1, 0.15) is 5.56 Å². The van der Waals surface area contributed by atoms with E-state index in [1.54, 1.807) is 35.0 Å². The summed E-state index contributed by atoms with van der Waals surface area (Å²) in [7, 11) is 0. The lowest BCUT2D eigenvalue weighted by Crippen LogP contribution is -2.35. The van der Waals surface area contributed by atoms with Gasteiger partial charge in [0.1, 0.15) is 18.1 Å². The van der Waals surface area contributed by atoms with Gasteiger partial charge >= 0.3 is 6.18 Å². The van der Waals surface area contributed by atoms with Gasteiger partial charge in [-0.05, 0) is 17.5 Å². The molecular formula is C13H12F3N3OS. The van der Waals surface area contributed by atoms with Gasteiger partial charge < -0.3 is 15.6 Å². The molecule has 0 aliphatic rings. The number of hydrogen-bond donors (Lipinski definition) is 2. The third kappa shape index (κ3) is 3.94. The van der Waals surface area contributed by atoms with Crippen molar-refractivity contribution in [2.24, 2.45) is 5.73 Å². The Labute approximate surface area is 123 Å². The molecule has 1 aromatic carbocycles. The summed E-state index contributed by atoms with van der Waals surface area (Å²) in [4.78, 5) is 11.8. The predicted octanol–water partition coefficient (Wildman–Crippen LogP) is 1.95. The molecule has 4 nitrogen and oxygen atoms in total. The molecule has 1 heterocycles. The standard InChI is InChI=1S/C13H12F3N3OS/c14-13(15,16)7-18-11(20)6-19-4-3-8-1-2-9(12(17)21)5-10(8)19/h1-5H,6-7H2,(H2,17,21)(H,18,20). The van der Waals surface area contributed by atoms with Crippen molar-refractivity contribution in [3.63, 3.8) is 0 Å². The Morgan fingerprint density at radius 1 is 1.33 bits per heavy atom. The molecule has 8 heteroatoms. The maximum atomic E-state index is 12.0. The second kappa shape index (κ2) is 5.72. The number of nitrogens with one attached hydrogen (secondary N) is 1. The van der Waals surface area contributed by atoms with E-state index in [1.807, 2.05) is 5.32 Å². The van der Waals surface area contributed by atoms with Crippen LogP contribution < -0.4 is 11.1 Å². The first-order chi connectivity index (χ1) is 9.76. The molecular weight excluding hydrogens is 303 g/mol. The third-order valence-corrected chi connectivity index (χ3v) is 3.09. The van der Waals surface area contributed by atoms with Crippen molar-refractivity contribution < 1.29 is 18.0 Å². The smallest absolute Gasteiger partial charge is 0.389 e. The second-order valence-electron chi connectivity index (χ2n) is 4.47. The van der Waals surface area contributed by atoms with E-state index in [4.69, 9.17) is 18.0 Å². The molecule has 3 N–H and O–H groups in total. The first-order valence-electron chi connectivity index (χ1n) is 5.98. The van der Waals surface area contributed by atoms with Crippen LogP contribution in [-0.4, -0.2) is 28.2 Å². The van der Waals surface area contributed by atoms with Crippen LogP contribution in [0.3, 0.4) is 0 Å². The van der Waals surface area contributed by atoms with E-state index in [-0.39, 0.29) is 11.5 Å². The van der Waals surface area contributed by atoms with Crippen LogP contribution in [0.2, 0.25) is 0 Å². The Morgan fingerprint density at radius 2 is 2.05 bits per heavy atom. The van der Waals surface area contributed by atoms with Gasteiger partial charge in [-0.2, -0.15) is 13.2 Å². The largest absolute Gasteiger partial charge is 0.405 e. The number of halogens is 3. The SMILES string of the molecule is NC(=S)c1ccc2ccn(CC(=O)NCC(F)(F)F)c2c1. The molecule has 21 heavy (non-hydrogen) atoms. The van der Waals surface area contributed by atoms with E-state index in [9.17, 15) is 18.0 Å². The molecule has 2 aromatic rings. The number of carbonyl (C=O) groups excluding carboxylic acids is 1. The van der Waals surface area contributed by atoms with Gasteiger partial charge in [-0.25, -0.2) is 0 Å². The fourth-order valence-electron chi connectivity index (χ4n) is 1.88. The first kappa shape index (κ1) is 15.3. The van der Waals surface area contributed by atoms with Gasteiger partial charge in [-0.1, -0.05) is 24.4 Å². The molecule has 112 valence electrons. The molecule has 0 fully saturated rings. The highest BCUT2D eigenvalue weighted by molar-refractivity contribution is 7.80. The van der Waals surface area contributed by atoms with Crippen molar-refractivity contribution in [3.8, 4) is 0 Å². The zero-order valence-electron chi connectivity index (χ0n) is 10.8. The molecule has 0 spiro atoms. The van der Waals surface area contributed by atoms with Crippen molar-refractivity contribution in [1.82, 2.24) is 9.88 Å². The molecule has 0 saturated carbocycles. The van der Waals surface area contributed by atoms with E-state index in [2.05, 4.69) is 0 Å². The number of nitrogens with two attached hydrogens (primary N) is 1. The topological polar surface area (TPSA) is 60.0 Å². The highest BCUT2D eigenvalue weighted by atomic mass is 32.1. The van der Waals surface area contributed by atoms with Crippen LogP contribution >= 0.6 is 12.2 Å². The molecule has 2 rings (SSSR count). The lowest BCUT2D eigenvalue weighted by Gasteiger charge is -2.10. The summed E-state index contributed by atoms with van der Waals surface area (Å²) in [5.74, 6) is -0.717. The normalized spacial score (nSPS) is 11.6. The summed E-state index contributed by atoms with van der Waals surface area (Å²) in [6.45, 7) is -1.55. The predicted molar refractivity (Wildman–Crippen MR) is 76.9 cm³/mol. The Bertz CT molecular complexity index is 694. The molecule has 0 bridgehead atoms. The monoisotopic (exact) mass is 315 g/mol. The molecule has 1 aromatic heterocycles. The summed E-state index contributed by atoms with van der Waals surface area (Å²) in [5.41, 5.74) is 6.85. The Morgan fingerprint density at radius 3 is 2.67 bits per heavy atom.